The highest BCUT2D eigenvalue weighted by molar-refractivity contribution is 8.18. The lowest BCUT2D eigenvalue weighted by molar-refractivity contribution is -0.138. The highest BCUT2D eigenvalue weighted by Crippen LogP contribution is 2.41. The van der Waals surface area contributed by atoms with Crippen molar-refractivity contribution in [1.29, 1.82) is 0 Å². The van der Waals surface area contributed by atoms with Crippen LogP contribution in [0.2, 0.25) is 0 Å². The Bertz CT molecular complexity index is 1670. The van der Waals surface area contributed by atoms with Crippen LogP contribution in [0.15, 0.2) is 94.2 Å². The minimum Gasteiger partial charge on any atom is -0.506 e. The molecular weight excluding hydrogens is 527 g/mol. The fourth-order valence-electron chi connectivity index (χ4n) is 4.71. The van der Waals surface area contributed by atoms with Gasteiger partial charge >= 0.3 is 5.97 Å². The van der Waals surface area contributed by atoms with Crippen molar-refractivity contribution in [1.82, 2.24) is 4.57 Å². The lowest BCUT2D eigenvalue weighted by Crippen LogP contribution is -2.12. The minimum atomic E-state index is -0.640. The quantitative estimate of drug-likeness (QED) is 0.226. The molecule has 5 rings (SSSR count). The average Bonchev–Trinajstić information content (AvgIpc) is 3.47. The van der Waals surface area contributed by atoms with Crippen LogP contribution in [-0.4, -0.2) is 34.4 Å². The van der Waals surface area contributed by atoms with Crippen LogP contribution in [0.5, 0.6) is 5.75 Å². The highest BCUT2D eigenvalue weighted by Gasteiger charge is 2.33. The first kappa shape index (κ1) is 27.3. The van der Waals surface area contributed by atoms with Gasteiger partial charge in [0.15, 0.2) is 0 Å². The molecule has 0 radical (unpaired) electrons. The Balaban J connectivity index is 1.61. The zero-order chi connectivity index (χ0) is 28.2. The summed E-state index contributed by atoms with van der Waals surface area (Å²) in [5.74, 6) is -0.398. The van der Waals surface area contributed by atoms with E-state index in [0.29, 0.717) is 33.5 Å². The number of aromatic nitrogens is 1. The number of thioether (sulfide) groups is 1. The van der Waals surface area contributed by atoms with Gasteiger partial charge in [0.05, 0.1) is 36.4 Å². The van der Waals surface area contributed by atoms with Gasteiger partial charge in [0.2, 0.25) is 0 Å². The van der Waals surface area contributed by atoms with Gasteiger partial charge in [0.25, 0.3) is 0 Å². The number of benzene rings is 3. The Morgan fingerprint density at radius 1 is 1.05 bits per heavy atom. The van der Waals surface area contributed by atoms with Gasteiger partial charge < -0.3 is 19.1 Å². The largest absolute Gasteiger partial charge is 0.506 e. The molecule has 1 N–H and O–H groups in total. The average molecular weight is 557 g/mol. The Kier molecular flexibility index (Phi) is 8.07. The summed E-state index contributed by atoms with van der Waals surface area (Å²) in [6.45, 7) is 4.32. The molecule has 204 valence electrons. The molecule has 0 spiro atoms. The van der Waals surface area contributed by atoms with E-state index in [1.807, 2.05) is 35.0 Å². The normalized spacial score (nSPS) is 15.4. The van der Waals surface area contributed by atoms with Crippen LogP contribution in [0.1, 0.15) is 30.5 Å². The number of ether oxygens (including phenoxy) is 2. The predicted molar refractivity (Wildman–Crippen MR) is 159 cm³/mol. The van der Waals surface area contributed by atoms with Crippen molar-refractivity contribution in [2.45, 2.75) is 26.8 Å². The van der Waals surface area contributed by atoms with Crippen molar-refractivity contribution >= 4 is 45.4 Å². The molecule has 1 aliphatic heterocycles. The molecular formula is C32H29FN2O4S. The standard InChI is InChI=1S/C32H29FN2O4S/c1-4-20-10-8-11-25-22(19-35(29(20)25)18-21-9-6-7-12-26(21)33)17-27-30(36)28(32(37)39-5-2)31(40-27)34-23-13-15-24(38-3)16-14-23/h6-17,19,36H,4-5,18H2,1-3H3/b27-17-,34-31?. The summed E-state index contributed by atoms with van der Waals surface area (Å²) in [7, 11) is 1.58. The van der Waals surface area contributed by atoms with E-state index in [-0.39, 0.29) is 23.8 Å². The monoisotopic (exact) mass is 556 g/mol. The molecule has 4 aromatic rings. The van der Waals surface area contributed by atoms with E-state index in [1.165, 1.54) is 17.8 Å². The highest BCUT2D eigenvalue weighted by atomic mass is 32.2. The molecule has 2 heterocycles. The number of nitrogens with zero attached hydrogens (tertiary/aromatic N) is 2. The third-order valence-corrected chi connectivity index (χ3v) is 7.67. The van der Waals surface area contributed by atoms with Crippen molar-refractivity contribution < 1.29 is 23.8 Å². The summed E-state index contributed by atoms with van der Waals surface area (Å²) >= 11 is 1.20. The Morgan fingerprint density at radius 2 is 1.80 bits per heavy atom. The molecule has 0 aliphatic carbocycles. The molecule has 0 amide bonds. The number of carbonyl (C=O) groups is 1. The third-order valence-electron chi connectivity index (χ3n) is 6.65. The van der Waals surface area contributed by atoms with Crippen molar-refractivity contribution in [2.24, 2.45) is 4.99 Å². The summed E-state index contributed by atoms with van der Waals surface area (Å²) in [5, 5.41) is 12.5. The Morgan fingerprint density at radius 3 is 2.50 bits per heavy atom. The molecule has 0 atom stereocenters. The number of aryl methyl sites for hydroxylation is 1. The van der Waals surface area contributed by atoms with Crippen molar-refractivity contribution in [3.05, 3.63) is 112 Å². The zero-order valence-corrected chi connectivity index (χ0v) is 23.3. The number of hydrogen-bond donors (Lipinski definition) is 1. The number of carbonyl (C=O) groups excluding carboxylic acids is 1. The number of para-hydroxylation sites is 1. The molecule has 0 unspecified atom stereocenters. The summed E-state index contributed by atoms with van der Waals surface area (Å²) < 4.78 is 27.1. The van der Waals surface area contributed by atoms with E-state index in [4.69, 9.17) is 9.47 Å². The van der Waals surface area contributed by atoms with Crippen LogP contribution < -0.4 is 4.74 Å². The van der Waals surface area contributed by atoms with Crippen LogP contribution in [0.25, 0.3) is 17.0 Å². The van der Waals surface area contributed by atoms with Gasteiger partial charge in [-0.25, -0.2) is 14.2 Å². The first-order chi connectivity index (χ1) is 19.4. The number of rotatable bonds is 8. The molecule has 0 saturated carbocycles. The second-order valence-electron chi connectivity index (χ2n) is 9.14. The van der Waals surface area contributed by atoms with Gasteiger partial charge in [0.1, 0.15) is 27.9 Å². The number of methoxy groups -OCH3 is 1. The number of aliphatic imine (C=N–C) groups is 1. The van der Waals surface area contributed by atoms with E-state index < -0.39 is 5.97 Å². The van der Waals surface area contributed by atoms with Gasteiger partial charge in [-0.15, -0.1) is 0 Å². The van der Waals surface area contributed by atoms with Crippen LogP contribution >= 0.6 is 11.8 Å². The maximum atomic E-state index is 14.6. The van der Waals surface area contributed by atoms with Crippen LogP contribution in [0.3, 0.4) is 0 Å². The van der Waals surface area contributed by atoms with Crippen LogP contribution in [0, 0.1) is 5.82 Å². The fraction of sp³-hybridized carbons (Fsp3) is 0.188. The van der Waals surface area contributed by atoms with Gasteiger partial charge in [-0.05, 0) is 55.3 Å². The van der Waals surface area contributed by atoms with Crippen molar-refractivity contribution in [3.63, 3.8) is 0 Å². The van der Waals surface area contributed by atoms with Gasteiger partial charge in [-0.2, -0.15) is 0 Å². The number of aliphatic hydroxyl groups excluding tert-OH is 1. The van der Waals surface area contributed by atoms with Crippen molar-refractivity contribution in [2.75, 3.05) is 13.7 Å². The second-order valence-corrected chi connectivity index (χ2v) is 10.2. The first-order valence-corrected chi connectivity index (χ1v) is 13.8. The van der Waals surface area contributed by atoms with Gasteiger partial charge in [-0.3, -0.25) is 0 Å². The van der Waals surface area contributed by atoms with E-state index in [1.54, 1.807) is 50.4 Å². The molecule has 0 bridgehead atoms. The summed E-state index contributed by atoms with van der Waals surface area (Å²) in [4.78, 5) is 18.0. The summed E-state index contributed by atoms with van der Waals surface area (Å²) in [6.07, 6.45) is 4.61. The van der Waals surface area contributed by atoms with E-state index in [9.17, 15) is 14.3 Å². The molecule has 1 aromatic heterocycles. The zero-order valence-electron chi connectivity index (χ0n) is 22.5. The van der Waals surface area contributed by atoms with Crippen molar-refractivity contribution in [3.8, 4) is 5.75 Å². The summed E-state index contributed by atoms with van der Waals surface area (Å²) in [6, 6.07) is 19.9. The Hall–Kier alpha value is -4.30. The predicted octanol–water partition coefficient (Wildman–Crippen LogP) is 7.59. The molecule has 0 saturated heterocycles. The molecule has 0 fully saturated rings. The lowest BCUT2D eigenvalue weighted by atomic mass is 10.1. The molecule has 1 aliphatic rings. The lowest BCUT2D eigenvalue weighted by Gasteiger charge is -2.09. The summed E-state index contributed by atoms with van der Waals surface area (Å²) in [5.41, 5.74) is 4.19. The number of aliphatic hydroxyl groups is 1. The molecule has 3 aromatic carbocycles. The number of halogens is 1. The first-order valence-electron chi connectivity index (χ1n) is 13.0. The number of esters is 1. The smallest absolute Gasteiger partial charge is 0.344 e. The van der Waals surface area contributed by atoms with Gasteiger partial charge in [0, 0.05) is 22.7 Å². The van der Waals surface area contributed by atoms with Gasteiger partial charge in [-0.1, -0.05) is 55.1 Å². The van der Waals surface area contributed by atoms with E-state index in [2.05, 4.69) is 18.0 Å². The van der Waals surface area contributed by atoms with E-state index in [0.717, 1.165) is 28.5 Å². The maximum absolute atomic E-state index is 14.6. The topological polar surface area (TPSA) is 73.0 Å². The minimum absolute atomic E-state index is 0.0262. The number of fused-ring (bicyclic) bond motifs is 1. The van der Waals surface area contributed by atoms with Crippen LogP contribution in [0.4, 0.5) is 10.1 Å². The Labute approximate surface area is 236 Å². The van der Waals surface area contributed by atoms with E-state index >= 15 is 0 Å². The van der Waals surface area contributed by atoms with Crippen LogP contribution in [-0.2, 0) is 22.5 Å². The molecule has 6 nitrogen and oxygen atoms in total. The molecule has 40 heavy (non-hydrogen) atoms. The third kappa shape index (κ3) is 5.40. The maximum Gasteiger partial charge on any atom is 0.344 e. The molecule has 8 heteroatoms. The number of hydrogen-bond acceptors (Lipinski definition) is 6. The fourth-order valence-corrected chi connectivity index (χ4v) is 5.73. The SMILES string of the molecule is CCOC(=O)C1=C(O)/C(=C/c2cn(Cc3ccccc3F)c3c(CC)cccc23)SC1=Nc1ccc(OC)cc1. The second kappa shape index (κ2) is 11.8.